The second-order valence-electron chi connectivity index (χ2n) is 4.81. The van der Waals surface area contributed by atoms with E-state index < -0.39 is 22.4 Å². The van der Waals surface area contributed by atoms with Gasteiger partial charge in [-0.15, -0.1) is 5.10 Å². The highest BCUT2D eigenvalue weighted by atomic mass is 32.2. The number of rotatable bonds is 4. The van der Waals surface area contributed by atoms with Gasteiger partial charge in [0.1, 0.15) is 6.33 Å². The molecule has 0 saturated heterocycles. The molecule has 0 bridgehead atoms. The monoisotopic (exact) mass is 330 g/mol. The molecular formula is C12H9F3N4O2S. The molecule has 2 aromatic rings. The molecule has 1 aliphatic rings. The lowest BCUT2D eigenvalue weighted by Gasteiger charge is -2.11. The fourth-order valence-corrected chi connectivity index (χ4v) is 2.69. The van der Waals surface area contributed by atoms with E-state index in [2.05, 4.69) is 10.1 Å². The number of halogens is 3. The molecule has 1 aliphatic carbocycles. The first kappa shape index (κ1) is 14.8. The standard InChI is InChI=1S/C12H9F3N4O2S/c13-12(14,15)9-5-8(19(20)21)3-4-10(9)22-18-6-16-11(17-18)7-1-2-7/h3-7H,1-2H2. The van der Waals surface area contributed by atoms with Crippen molar-refractivity contribution in [2.45, 2.75) is 29.8 Å². The molecule has 1 saturated carbocycles. The largest absolute Gasteiger partial charge is 0.417 e. The molecule has 22 heavy (non-hydrogen) atoms. The summed E-state index contributed by atoms with van der Waals surface area (Å²) in [7, 11) is 0. The van der Waals surface area contributed by atoms with Gasteiger partial charge in [-0.1, -0.05) is 0 Å². The van der Waals surface area contributed by atoms with Crippen molar-refractivity contribution in [3.05, 3.63) is 46.0 Å². The van der Waals surface area contributed by atoms with Gasteiger partial charge in [0.2, 0.25) is 0 Å². The zero-order chi connectivity index (χ0) is 15.9. The average molecular weight is 330 g/mol. The summed E-state index contributed by atoms with van der Waals surface area (Å²) in [5.41, 5.74) is -1.66. The molecule has 1 fully saturated rings. The van der Waals surface area contributed by atoms with E-state index in [1.165, 1.54) is 10.4 Å². The Morgan fingerprint density at radius 2 is 2.09 bits per heavy atom. The van der Waals surface area contributed by atoms with Crippen LogP contribution in [0.15, 0.2) is 29.4 Å². The smallest absolute Gasteiger partial charge is 0.258 e. The average Bonchev–Trinajstić information content (AvgIpc) is 3.18. The predicted molar refractivity (Wildman–Crippen MR) is 71.4 cm³/mol. The molecule has 0 amide bonds. The molecule has 6 nitrogen and oxygen atoms in total. The third-order valence-corrected chi connectivity index (χ3v) is 4.02. The van der Waals surface area contributed by atoms with Gasteiger partial charge in [-0.25, -0.2) is 4.98 Å². The van der Waals surface area contributed by atoms with Gasteiger partial charge >= 0.3 is 6.18 Å². The van der Waals surface area contributed by atoms with Crippen molar-refractivity contribution >= 4 is 17.6 Å². The lowest BCUT2D eigenvalue weighted by Crippen LogP contribution is -2.08. The molecule has 0 N–H and O–H groups in total. The number of alkyl halides is 3. The maximum atomic E-state index is 13.1. The van der Waals surface area contributed by atoms with E-state index in [0.717, 1.165) is 36.9 Å². The Balaban J connectivity index is 1.92. The highest BCUT2D eigenvalue weighted by Gasteiger charge is 2.36. The van der Waals surface area contributed by atoms with Gasteiger partial charge in [0.25, 0.3) is 5.69 Å². The van der Waals surface area contributed by atoms with Crippen LogP contribution in [0.3, 0.4) is 0 Å². The number of nitro benzene ring substituents is 1. The maximum Gasteiger partial charge on any atom is 0.417 e. The van der Waals surface area contributed by atoms with Crippen molar-refractivity contribution in [2.75, 3.05) is 0 Å². The minimum atomic E-state index is -4.69. The van der Waals surface area contributed by atoms with Crippen LogP contribution in [-0.2, 0) is 6.18 Å². The Labute approximate surface area is 126 Å². The number of hydrogen-bond acceptors (Lipinski definition) is 5. The van der Waals surface area contributed by atoms with Crippen LogP contribution in [0, 0.1) is 10.1 Å². The first-order valence-corrected chi connectivity index (χ1v) is 7.07. The van der Waals surface area contributed by atoms with Crippen molar-refractivity contribution in [3.8, 4) is 0 Å². The zero-order valence-corrected chi connectivity index (χ0v) is 11.8. The van der Waals surface area contributed by atoms with Crippen LogP contribution in [0.1, 0.15) is 30.1 Å². The SMILES string of the molecule is O=[N+]([O-])c1ccc(Sn2cnc(C3CC3)n2)c(C(F)(F)F)c1. The fourth-order valence-electron chi connectivity index (χ4n) is 1.87. The third-order valence-electron chi connectivity index (χ3n) is 3.10. The second-order valence-corrected chi connectivity index (χ2v) is 5.80. The summed E-state index contributed by atoms with van der Waals surface area (Å²) in [6.07, 6.45) is -1.37. The number of hydrogen-bond donors (Lipinski definition) is 0. The molecule has 116 valence electrons. The Hall–Kier alpha value is -2.10. The highest BCUT2D eigenvalue weighted by Crippen LogP contribution is 2.40. The molecule has 10 heteroatoms. The number of aromatic nitrogens is 3. The van der Waals surface area contributed by atoms with Crippen molar-refractivity contribution in [2.24, 2.45) is 0 Å². The van der Waals surface area contributed by atoms with Crippen molar-refractivity contribution < 1.29 is 18.1 Å². The van der Waals surface area contributed by atoms with E-state index in [1.807, 2.05) is 0 Å². The molecule has 0 radical (unpaired) electrons. The Bertz CT molecular complexity index is 727. The summed E-state index contributed by atoms with van der Waals surface area (Å²) < 4.78 is 40.4. The van der Waals surface area contributed by atoms with Crippen LogP contribution >= 0.6 is 11.9 Å². The van der Waals surface area contributed by atoms with Gasteiger partial charge in [0.05, 0.1) is 10.5 Å². The van der Waals surface area contributed by atoms with Crippen LogP contribution in [0.25, 0.3) is 0 Å². The maximum absolute atomic E-state index is 13.1. The van der Waals surface area contributed by atoms with Crippen LogP contribution in [0.4, 0.5) is 18.9 Å². The second kappa shape index (κ2) is 5.27. The number of non-ortho nitro benzene ring substituents is 1. The lowest BCUT2D eigenvalue weighted by atomic mass is 10.2. The molecule has 0 atom stereocenters. The summed E-state index contributed by atoms with van der Waals surface area (Å²) >= 11 is 0.728. The first-order chi connectivity index (χ1) is 10.3. The molecular weight excluding hydrogens is 321 g/mol. The van der Waals surface area contributed by atoms with Gasteiger partial charge in [0, 0.05) is 34.9 Å². The topological polar surface area (TPSA) is 73.8 Å². The van der Waals surface area contributed by atoms with E-state index in [-0.39, 0.29) is 4.90 Å². The van der Waals surface area contributed by atoms with Gasteiger partial charge in [0.15, 0.2) is 5.82 Å². The zero-order valence-electron chi connectivity index (χ0n) is 10.9. The van der Waals surface area contributed by atoms with Crippen LogP contribution in [-0.4, -0.2) is 19.1 Å². The quantitative estimate of drug-likeness (QED) is 0.632. The lowest BCUT2D eigenvalue weighted by molar-refractivity contribution is -0.385. The van der Waals surface area contributed by atoms with Gasteiger partial charge in [-0.3, -0.25) is 10.1 Å². The molecule has 3 rings (SSSR count). The van der Waals surface area contributed by atoms with E-state index in [1.54, 1.807) is 0 Å². The highest BCUT2D eigenvalue weighted by molar-refractivity contribution is 7.97. The van der Waals surface area contributed by atoms with E-state index in [0.29, 0.717) is 17.8 Å². The van der Waals surface area contributed by atoms with Crippen molar-refractivity contribution in [1.82, 2.24) is 14.2 Å². The Morgan fingerprint density at radius 3 is 2.68 bits per heavy atom. The predicted octanol–water partition coefficient (Wildman–Crippen LogP) is 3.64. The summed E-state index contributed by atoms with van der Waals surface area (Å²) in [4.78, 5) is 13.7. The molecule has 0 unspecified atom stereocenters. The molecule has 0 spiro atoms. The molecule has 1 aromatic heterocycles. The van der Waals surface area contributed by atoms with Gasteiger partial charge < -0.3 is 0 Å². The normalized spacial score (nSPS) is 15.0. The van der Waals surface area contributed by atoms with E-state index in [9.17, 15) is 23.3 Å². The minimum Gasteiger partial charge on any atom is -0.258 e. The van der Waals surface area contributed by atoms with Crippen molar-refractivity contribution in [1.29, 1.82) is 0 Å². The summed E-state index contributed by atoms with van der Waals surface area (Å²) in [5, 5.41) is 14.8. The number of benzene rings is 1. The van der Waals surface area contributed by atoms with E-state index in [4.69, 9.17) is 0 Å². The fraction of sp³-hybridized carbons (Fsp3) is 0.333. The Morgan fingerprint density at radius 1 is 1.36 bits per heavy atom. The van der Waals surface area contributed by atoms with E-state index >= 15 is 0 Å². The summed E-state index contributed by atoms with van der Waals surface area (Å²) in [6.45, 7) is 0. The van der Waals surface area contributed by atoms with Gasteiger partial charge in [-0.05, 0) is 18.9 Å². The summed E-state index contributed by atoms with van der Waals surface area (Å²) in [6, 6.07) is 2.64. The van der Waals surface area contributed by atoms with Crippen molar-refractivity contribution in [3.63, 3.8) is 0 Å². The first-order valence-electron chi connectivity index (χ1n) is 6.30. The minimum absolute atomic E-state index is 0.162. The molecule has 0 aliphatic heterocycles. The van der Waals surface area contributed by atoms with Crippen LogP contribution in [0.2, 0.25) is 0 Å². The van der Waals surface area contributed by atoms with Crippen LogP contribution in [0.5, 0.6) is 0 Å². The molecule has 1 heterocycles. The number of nitro groups is 1. The third kappa shape index (κ3) is 3.06. The van der Waals surface area contributed by atoms with Gasteiger partial charge in [-0.2, -0.15) is 17.3 Å². The summed E-state index contributed by atoms with van der Waals surface area (Å²) in [5.74, 6) is 0.906. The van der Waals surface area contributed by atoms with Crippen LogP contribution < -0.4 is 0 Å². The number of nitrogens with zero attached hydrogens (tertiary/aromatic N) is 4. The Kier molecular flexibility index (Phi) is 3.55. The molecule has 1 aromatic carbocycles.